The Morgan fingerprint density at radius 2 is 2.27 bits per heavy atom. The summed E-state index contributed by atoms with van der Waals surface area (Å²) in [7, 11) is 0. The third-order valence-electron chi connectivity index (χ3n) is 1.88. The van der Waals surface area contributed by atoms with Gasteiger partial charge in [-0.3, -0.25) is 0 Å². The zero-order chi connectivity index (χ0) is 8.10. The number of rotatable bonds is 4. The molecule has 66 valence electrons. The second-order valence-electron chi connectivity index (χ2n) is 2.70. The summed E-state index contributed by atoms with van der Waals surface area (Å²) in [4.78, 5) is 0. The van der Waals surface area contributed by atoms with Crippen LogP contribution in [0, 0.1) is 0 Å². The van der Waals surface area contributed by atoms with Crippen molar-refractivity contribution in [3.63, 3.8) is 0 Å². The first-order valence-electron chi connectivity index (χ1n) is 4.31. The maximum Gasteiger partial charge on any atom is 0.0983 e. The highest BCUT2D eigenvalue weighted by atomic mass is 16.5. The molecule has 0 amide bonds. The molecule has 0 aromatic rings. The third kappa shape index (κ3) is 2.43. The summed E-state index contributed by atoms with van der Waals surface area (Å²) in [5, 5.41) is 3.33. The Labute approximate surface area is 68.1 Å². The number of ether oxygens (including phenoxy) is 2. The largest absolute Gasteiger partial charge is 0.377 e. The average Bonchev–Trinajstić information content (AvgIpc) is 2.39. The molecule has 0 aromatic carbocycles. The van der Waals surface area contributed by atoms with Gasteiger partial charge in [0.25, 0.3) is 0 Å². The molecule has 2 atom stereocenters. The van der Waals surface area contributed by atoms with E-state index in [0.717, 1.165) is 26.4 Å². The normalized spacial score (nSPS) is 31.1. The molecule has 0 saturated carbocycles. The maximum atomic E-state index is 5.48. The smallest absolute Gasteiger partial charge is 0.0983 e. The molecule has 11 heavy (non-hydrogen) atoms. The highest BCUT2D eigenvalue weighted by Crippen LogP contribution is 2.08. The van der Waals surface area contributed by atoms with E-state index in [4.69, 9.17) is 9.47 Å². The minimum Gasteiger partial charge on any atom is -0.377 e. The van der Waals surface area contributed by atoms with Gasteiger partial charge < -0.3 is 14.8 Å². The second kappa shape index (κ2) is 4.70. The van der Waals surface area contributed by atoms with Gasteiger partial charge >= 0.3 is 0 Å². The lowest BCUT2D eigenvalue weighted by Crippen LogP contribution is -2.40. The first kappa shape index (κ1) is 8.97. The molecule has 1 N–H and O–H groups in total. The fourth-order valence-corrected chi connectivity index (χ4v) is 1.37. The molecule has 1 aliphatic heterocycles. The van der Waals surface area contributed by atoms with Gasteiger partial charge in [0.05, 0.1) is 25.4 Å². The van der Waals surface area contributed by atoms with Crippen LogP contribution >= 0.6 is 0 Å². The van der Waals surface area contributed by atoms with Gasteiger partial charge in [0, 0.05) is 6.61 Å². The monoisotopic (exact) mass is 159 g/mol. The van der Waals surface area contributed by atoms with Crippen LogP contribution in [0.4, 0.5) is 0 Å². The standard InChI is InChI=1S/C8H17NO2/c1-3-9-7-5-10-6-8(7)11-4-2/h7-9H,3-6H2,1-2H3. The highest BCUT2D eigenvalue weighted by molar-refractivity contribution is 4.81. The van der Waals surface area contributed by atoms with E-state index in [1.165, 1.54) is 0 Å². The van der Waals surface area contributed by atoms with Crippen molar-refractivity contribution in [3.8, 4) is 0 Å². The quantitative estimate of drug-likeness (QED) is 0.644. The van der Waals surface area contributed by atoms with Crippen LogP contribution in [0.2, 0.25) is 0 Å². The Kier molecular flexibility index (Phi) is 3.83. The minimum atomic E-state index is 0.264. The molecule has 0 spiro atoms. The molecule has 1 rings (SSSR count). The summed E-state index contributed by atoms with van der Waals surface area (Å²) >= 11 is 0. The summed E-state index contributed by atoms with van der Waals surface area (Å²) in [6, 6.07) is 0.403. The van der Waals surface area contributed by atoms with Gasteiger partial charge in [0.2, 0.25) is 0 Å². The van der Waals surface area contributed by atoms with Crippen LogP contribution in [0.25, 0.3) is 0 Å². The Balaban J connectivity index is 2.25. The zero-order valence-electron chi connectivity index (χ0n) is 7.30. The number of hydrogen-bond acceptors (Lipinski definition) is 3. The van der Waals surface area contributed by atoms with E-state index >= 15 is 0 Å². The second-order valence-corrected chi connectivity index (χ2v) is 2.70. The Morgan fingerprint density at radius 3 is 2.91 bits per heavy atom. The number of nitrogens with one attached hydrogen (secondary N) is 1. The molecule has 0 aliphatic carbocycles. The molecule has 0 aromatic heterocycles. The van der Waals surface area contributed by atoms with Crippen LogP contribution in [0.3, 0.4) is 0 Å². The Bertz CT molecular complexity index is 96.3. The van der Waals surface area contributed by atoms with Crippen molar-refractivity contribution >= 4 is 0 Å². The third-order valence-corrected chi connectivity index (χ3v) is 1.88. The van der Waals surface area contributed by atoms with Gasteiger partial charge in [0.15, 0.2) is 0 Å². The predicted octanol–water partition coefficient (Wildman–Crippen LogP) is 0.400. The van der Waals surface area contributed by atoms with Crippen molar-refractivity contribution in [2.45, 2.75) is 26.0 Å². The SMILES string of the molecule is CCNC1COCC1OCC. The van der Waals surface area contributed by atoms with Crippen LogP contribution in [-0.4, -0.2) is 38.5 Å². The molecule has 0 bridgehead atoms. The molecule has 1 fully saturated rings. The summed E-state index contributed by atoms with van der Waals surface area (Å²) in [6.45, 7) is 7.40. The summed E-state index contributed by atoms with van der Waals surface area (Å²) in [5.74, 6) is 0. The van der Waals surface area contributed by atoms with Crippen molar-refractivity contribution in [3.05, 3.63) is 0 Å². The minimum absolute atomic E-state index is 0.264. The predicted molar refractivity (Wildman–Crippen MR) is 43.7 cm³/mol. The van der Waals surface area contributed by atoms with Gasteiger partial charge in [-0.15, -0.1) is 0 Å². The lowest BCUT2D eigenvalue weighted by molar-refractivity contribution is 0.0416. The van der Waals surface area contributed by atoms with Crippen molar-refractivity contribution in [2.75, 3.05) is 26.4 Å². The van der Waals surface area contributed by atoms with E-state index < -0.39 is 0 Å². The molecule has 0 radical (unpaired) electrons. The van der Waals surface area contributed by atoms with Gasteiger partial charge in [-0.25, -0.2) is 0 Å². The Hall–Kier alpha value is -0.120. The van der Waals surface area contributed by atoms with E-state index in [9.17, 15) is 0 Å². The average molecular weight is 159 g/mol. The van der Waals surface area contributed by atoms with Crippen molar-refractivity contribution < 1.29 is 9.47 Å². The number of likely N-dealkylation sites (N-methyl/N-ethyl adjacent to an activating group) is 1. The molecule has 3 nitrogen and oxygen atoms in total. The molecular weight excluding hydrogens is 142 g/mol. The molecular formula is C8H17NO2. The lowest BCUT2D eigenvalue weighted by atomic mass is 10.2. The summed E-state index contributed by atoms with van der Waals surface area (Å²) in [6.07, 6.45) is 0.264. The van der Waals surface area contributed by atoms with Crippen LogP contribution in [-0.2, 0) is 9.47 Å². The summed E-state index contributed by atoms with van der Waals surface area (Å²) in [5.41, 5.74) is 0. The highest BCUT2D eigenvalue weighted by Gasteiger charge is 2.27. The maximum absolute atomic E-state index is 5.48. The van der Waals surface area contributed by atoms with Crippen LogP contribution in [0.1, 0.15) is 13.8 Å². The van der Waals surface area contributed by atoms with Gasteiger partial charge in [-0.1, -0.05) is 6.92 Å². The first-order valence-corrected chi connectivity index (χ1v) is 4.31. The van der Waals surface area contributed by atoms with Crippen molar-refractivity contribution in [1.82, 2.24) is 5.32 Å². The summed E-state index contributed by atoms with van der Waals surface area (Å²) < 4.78 is 10.8. The topological polar surface area (TPSA) is 30.5 Å². The van der Waals surface area contributed by atoms with Crippen LogP contribution in [0.5, 0.6) is 0 Å². The fraction of sp³-hybridized carbons (Fsp3) is 1.00. The van der Waals surface area contributed by atoms with Crippen LogP contribution < -0.4 is 5.32 Å². The van der Waals surface area contributed by atoms with E-state index in [0.29, 0.717) is 6.04 Å². The lowest BCUT2D eigenvalue weighted by Gasteiger charge is -2.17. The molecule has 2 unspecified atom stereocenters. The van der Waals surface area contributed by atoms with E-state index in [-0.39, 0.29) is 6.10 Å². The molecule has 3 heteroatoms. The fourth-order valence-electron chi connectivity index (χ4n) is 1.37. The van der Waals surface area contributed by atoms with Crippen LogP contribution in [0.15, 0.2) is 0 Å². The molecule has 1 aliphatic rings. The van der Waals surface area contributed by atoms with E-state index in [2.05, 4.69) is 12.2 Å². The van der Waals surface area contributed by atoms with E-state index in [1.54, 1.807) is 0 Å². The van der Waals surface area contributed by atoms with Crippen molar-refractivity contribution in [2.24, 2.45) is 0 Å². The van der Waals surface area contributed by atoms with E-state index in [1.807, 2.05) is 6.92 Å². The number of hydrogen-bond donors (Lipinski definition) is 1. The molecule has 1 saturated heterocycles. The van der Waals surface area contributed by atoms with Gasteiger partial charge in [0.1, 0.15) is 0 Å². The van der Waals surface area contributed by atoms with Gasteiger partial charge in [-0.2, -0.15) is 0 Å². The Morgan fingerprint density at radius 1 is 1.45 bits per heavy atom. The first-order chi connectivity index (χ1) is 5.38. The molecule has 1 heterocycles. The van der Waals surface area contributed by atoms with Crippen molar-refractivity contribution in [1.29, 1.82) is 0 Å². The zero-order valence-corrected chi connectivity index (χ0v) is 7.30. The van der Waals surface area contributed by atoms with Gasteiger partial charge in [-0.05, 0) is 13.5 Å².